The Morgan fingerprint density at radius 2 is 2.35 bits per heavy atom. The first-order valence-electron chi connectivity index (χ1n) is 6.46. The van der Waals surface area contributed by atoms with Gasteiger partial charge in [0.15, 0.2) is 0 Å². The van der Waals surface area contributed by atoms with Gasteiger partial charge in [-0.25, -0.2) is 4.79 Å². The number of carbonyl (C=O) groups is 1. The lowest BCUT2D eigenvalue weighted by Gasteiger charge is -2.30. The zero-order valence-electron chi connectivity index (χ0n) is 10.8. The highest BCUT2D eigenvalue weighted by atomic mass is 16.3. The molecule has 0 bridgehead atoms. The second-order valence-electron chi connectivity index (χ2n) is 4.95. The van der Waals surface area contributed by atoms with Crippen molar-refractivity contribution >= 4 is 6.03 Å². The second kappa shape index (κ2) is 6.64. The summed E-state index contributed by atoms with van der Waals surface area (Å²) in [6, 6.07) is 0.0123. The molecule has 0 aromatic carbocycles. The van der Waals surface area contributed by atoms with Crippen LogP contribution in [0.2, 0.25) is 0 Å². The largest absolute Gasteiger partial charge is 0.396 e. The van der Waals surface area contributed by atoms with E-state index in [2.05, 4.69) is 22.8 Å². The molecule has 0 saturated heterocycles. The molecular weight excluding hydrogens is 216 g/mol. The minimum atomic E-state index is -0.322. The lowest BCUT2D eigenvalue weighted by molar-refractivity contribution is 0.199. The first kappa shape index (κ1) is 14.0. The van der Waals surface area contributed by atoms with Crippen LogP contribution in [0.4, 0.5) is 4.79 Å². The molecule has 1 aliphatic rings. The standard InChI is InChI=1S/C13H24N2O2/c1-3-13(2,9-10-16)15-12(17)14-11-7-5-4-6-8-11/h5,7,11,16H,3-4,6,8-10H2,1-2H3,(H2,14,15,17). The molecule has 4 nitrogen and oxygen atoms in total. The van der Waals surface area contributed by atoms with Crippen LogP contribution in [0, 0.1) is 0 Å². The van der Waals surface area contributed by atoms with E-state index in [4.69, 9.17) is 5.11 Å². The summed E-state index contributed by atoms with van der Waals surface area (Å²) < 4.78 is 0. The third-order valence-corrected chi connectivity index (χ3v) is 3.43. The van der Waals surface area contributed by atoms with Crippen LogP contribution in [0.15, 0.2) is 12.2 Å². The fourth-order valence-corrected chi connectivity index (χ4v) is 1.99. The van der Waals surface area contributed by atoms with Gasteiger partial charge in [0.05, 0.1) is 0 Å². The summed E-state index contributed by atoms with van der Waals surface area (Å²) in [5, 5.41) is 14.9. The Kier molecular flexibility index (Phi) is 5.48. The molecule has 4 heteroatoms. The summed E-state index contributed by atoms with van der Waals surface area (Å²) in [5.74, 6) is 0. The van der Waals surface area contributed by atoms with Gasteiger partial charge in [0.25, 0.3) is 0 Å². The van der Waals surface area contributed by atoms with E-state index < -0.39 is 0 Å². The number of hydrogen-bond acceptors (Lipinski definition) is 2. The van der Waals surface area contributed by atoms with Gasteiger partial charge in [0.1, 0.15) is 0 Å². The van der Waals surface area contributed by atoms with E-state index in [1.807, 2.05) is 13.8 Å². The number of rotatable bonds is 5. The molecule has 2 atom stereocenters. The summed E-state index contributed by atoms with van der Waals surface area (Å²) in [6.45, 7) is 4.06. The Bertz CT molecular complexity index is 279. The molecular formula is C13H24N2O2. The van der Waals surface area contributed by atoms with Crippen molar-refractivity contribution in [2.24, 2.45) is 0 Å². The van der Waals surface area contributed by atoms with Gasteiger partial charge in [-0.2, -0.15) is 0 Å². The van der Waals surface area contributed by atoms with Crippen molar-refractivity contribution in [3.05, 3.63) is 12.2 Å². The fraction of sp³-hybridized carbons (Fsp3) is 0.769. The number of amides is 2. The maximum absolute atomic E-state index is 11.8. The topological polar surface area (TPSA) is 61.4 Å². The lowest BCUT2D eigenvalue weighted by atomic mass is 9.95. The van der Waals surface area contributed by atoms with Crippen LogP contribution in [0.5, 0.6) is 0 Å². The SMILES string of the molecule is CCC(C)(CCO)NC(=O)NC1C=CCCC1. The quantitative estimate of drug-likeness (QED) is 0.643. The van der Waals surface area contributed by atoms with Gasteiger partial charge in [-0.15, -0.1) is 0 Å². The molecule has 1 rings (SSSR count). The molecule has 98 valence electrons. The Morgan fingerprint density at radius 1 is 1.59 bits per heavy atom. The predicted molar refractivity (Wildman–Crippen MR) is 68.8 cm³/mol. The number of aliphatic hydroxyl groups is 1. The third kappa shape index (κ3) is 4.77. The number of urea groups is 1. The summed E-state index contributed by atoms with van der Waals surface area (Å²) in [7, 11) is 0. The van der Waals surface area contributed by atoms with Crippen LogP contribution >= 0.6 is 0 Å². The highest BCUT2D eigenvalue weighted by Gasteiger charge is 2.24. The zero-order chi connectivity index (χ0) is 12.7. The molecule has 0 aromatic rings. The molecule has 17 heavy (non-hydrogen) atoms. The molecule has 0 heterocycles. The van der Waals surface area contributed by atoms with E-state index in [-0.39, 0.29) is 24.2 Å². The zero-order valence-corrected chi connectivity index (χ0v) is 10.8. The highest BCUT2D eigenvalue weighted by Crippen LogP contribution is 2.14. The van der Waals surface area contributed by atoms with Crippen molar-refractivity contribution in [2.45, 2.75) is 57.5 Å². The second-order valence-corrected chi connectivity index (χ2v) is 4.95. The van der Waals surface area contributed by atoms with Crippen molar-refractivity contribution in [2.75, 3.05) is 6.61 Å². The summed E-state index contributed by atoms with van der Waals surface area (Å²) in [4.78, 5) is 11.8. The van der Waals surface area contributed by atoms with Crippen molar-refractivity contribution in [1.29, 1.82) is 0 Å². The molecule has 1 aliphatic carbocycles. The first-order valence-corrected chi connectivity index (χ1v) is 6.46. The Hall–Kier alpha value is -1.03. The average molecular weight is 240 g/mol. The maximum atomic E-state index is 11.8. The van der Waals surface area contributed by atoms with Crippen molar-refractivity contribution < 1.29 is 9.90 Å². The fourth-order valence-electron chi connectivity index (χ4n) is 1.99. The number of allylic oxidation sites excluding steroid dienone is 1. The molecule has 0 fully saturated rings. The Labute approximate surface area is 103 Å². The molecule has 0 radical (unpaired) electrons. The third-order valence-electron chi connectivity index (χ3n) is 3.43. The van der Waals surface area contributed by atoms with Gasteiger partial charge in [-0.3, -0.25) is 0 Å². The summed E-state index contributed by atoms with van der Waals surface area (Å²) >= 11 is 0. The molecule has 0 aliphatic heterocycles. The Morgan fingerprint density at radius 3 is 2.88 bits per heavy atom. The average Bonchev–Trinajstić information content (AvgIpc) is 2.30. The van der Waals surface area contributed by atoms with Crippen LogP contribution in [0.25, 0.3) is 0 Å². The minimum absolute atomic E-state index is 0.0912. The number of aliphatic hydroxyl groups excluding tert-OH is 1. The summed E-state index contributed by atoms with van der Waals surface area (Å²) in [5.41, 5.74) is -0.322. The van der Waals surface area contributed by atoms with Gasteiger partial charge in [-0.1, -0.05) is 19.1 Å². The predicted octanol–water partition coefficient (Wildman–Crippen LogP) is 1.95. The molecule has 0 saturated carbocycles. The van der Waals surface area contributed by atoms with Gasteiger partial charge in [0, 0.05) is 18.2 Å². The van der Waals surface area contributed by atoms with Crippen molar-refractivity contribution in [1.82, 2.24) is 10.6 Å². The van der Waals surface area contributed by atoms with E-state index in [0.717, 1.165) is 25.7 Å². The molecule has 2 unspecified atom stereocenters. The molecule has 3 N–H and O–H groups in total. The van der Waals surface area contributed by atoms with Crippen LogP contribution in [-0.2, 0) is 0 Å². The maximum Gasteiger partial charge on any atom is 0.315 e. The smallest absolute Gasteiger partial charge is 0.315 e. The monoisotopic (exact) mass is 240 g/mol. The first-order chi connectivity index (χ1) is 8.09. The number of nitrogens with one attached hydrogen (secondary N) is 2. The molecule has 2 amide bonds. The van der Waals surface area contributed by atoms with Crippen molar-refractivity contribution in [3.8, 4) is 0 Å². The van der Waals surface area contributed by atoms with Crippen LogP contribution in [-0.4, -0.2) is 29.3 Å². The van der Waals surface area contributed by atoms with Gasteiger partial charge >= 0.3 is 6.03 Å². The Balaban J connectivity index is 2.41. The van der Waals surface area contributed by atoms with E-state index >= 15 is 0 Å². The van der Waals surface area contributed by atoms with E-state index in [1.165, 1.54) is 0 Å². The van der Waals surface area contributed by atoms with Crippen LogP contribution in [0.3, 0.4) is 0 Å². The van der Waals surface area contributed by atoms with E-state index in [0.29, 0.717) is 6.42 Å². The minimum Gasteiger partial charge on any atom is -0.396 e. The van der Waals surface area contributed by atoms with Gasteiger partial charge < -0.3 is 15.7 Å². The van der Waals surface area contributed by atoms with Crippen molar-refractivity contribution in [3.63, 3.8) is 0 Å². The number of hydrogen-bond donors (Lipinski definition) is 3. The molecule has 0 aromatic heterocycles. The highest BCUT2D eigenvalue weighted by molar-refractivity contribution is 5.75. The van der Waals surface area contributed by atoms with E-state index in [1.54, 1.807) is 0 Å². The summed E-state index contributed by atoms with van der Waals surface area (Å²) in [6.07, 6.45) is 8.80. The normalized spacial score (nSPS) is 22.9. The van der Waals surface area contributed by atoms with Crippen LogP contribution in [0.1, 0.15) is 46.0 Å². The van der Waals surface area contributed by atoms with Gasteiger partial charge in [0.2, 0.25) is 0 Å². The number of carbonyl (C=O) groups excluding carboxylic acids is 1. The van der Waals surface area contributed by atoms with Crippen LogP contribution < -0.4 is 10.6 Å². The lowest BCUT2D eigenvalue weighted by Crippen LogP contribution is -2.52. The van der Waals surface area contributed by atoms with Gasteiger partial charge in [-0.05, 0) is 39.0 Å². The molecule has 0 spiro atoms. The van der Waals surface area contributed by atoms with E-state index in [9.17, 15) is 4.79 Å².